The third-order valence-corrected chi connectivity index (χ3v) is 8.23. The molecule has 0 spiro atoms. The zero-order valence-corrected chi connectivity index (χ0v) is 25.0. The van der Waals surface area contributed by atoms with Crippen LogP contribution in [0.25, 0.3) is 0 Å². The largest absolute Gasteiger partial charge is 0.454 e. The van der Waals surface area contributed by atoms with Crippen LogP contribution in [0.3, 0.4) is 0 Å². The van der Waals surface area contributed by atoms with E-state index in [1.165, 1.54) is 17.0 Å². The number of hydrogen-bond donors (Lipinski definition) is 1. The smallest absolute Gasteiger partial charge is 0.244 e. The molecular weight excluding hydrogens is 589 g/mol. The molecule has 3 aromatic rings. The summed E-state index contributed by atoms with van der Waals surface area (Å²) in [5, 5.41) is 3.63. The standard InChI is InChI=1S/C29H31Cl2N3O6S/c1-3-13-32-29(36)25(14-20-7-5-4-6-8-20)33(17-21-9-10-22(30)15-24(21)31)28(35)18-34(41(2,37)38)23-11-12-26-27(16-23)40-19-39-26/h4-12,15-16,25H,3,13-14,17-19H2,1-2H3,(H,32,36). The predicted molar refractivity (Wildman–Crippen MR) is 159 cm³/mol. The van der Waals surface area contributed by atoms with Crippen LogP contribution in [0.5, 0.6) is 11.5 Å². The van der Waals surface area contributed by atoms with Gasteiger partial charge in [0.25, 0.3) is 0 Å². The Labute approximate surface area is 250 Å². The lowest BCUT2D eigenvalue weighted by atomic mass is 10.0. The maximum Gasteiger partial charge on any atom is 0.244 e. The molecule has 1 aliphatic rings. The molecule has 0 aromatic heterocycles. The number of fused-ring (bicyclic) bond motifs is 1. The molecule has 1 unspecified atom stereocenters. The zero-order valence-electron chi connectivity index (χ0n) is 22.7. The molecule has 0 radical (unpaired) electrons. The molecule has 41 heavy (non-hydrogen) atoms. The molecule has 0 saturated carbocycles. The highest BCUT2D eigenvalue weighted by Gasteiger charge is 2.33. The minimum Gasteiger partial charge on any atom is -0.454 e. The van der Waals surface area contributed by atoms with Crippen molar-refractivity contribution in [2.75, 3.05) is 30.4 Å². The first-order valence-corrected chi connectivity index (χ1v) is 15.6. The Bertz CT molecular complexity index is 1500. The fourth-order valence-corrected chi connectivity index (χ4v) is 5.72. The van der Waals surface area contributed by atoms with E-state index < -0.39 is 28.5 Å². The first-order chi connectivity index (χ1) is 19.6. The Morgan fingerprint density at radius 3 is 2.41 bits per heavy atom. The van der Waals surface area contributed by atoms with Crippen molar-refractivity contribution in [2.24, 2.45) is 0 Å². The lowest BCUT2D eigenvalue weighted by Gasteiger charge is -2.33. The summed E-state index contributed by atoms with van der Waals surface area (Å²) in [6, 6.07) is 17.9. The number of anilines is 1. The molecule has 1 N–H and O–H groups in total. The van der Waals surface area contributed by atoms with Crippen LogP contribution < -0.4 is 19.1 Å². The third-order valence-electron chi connectivity index (χ3n) is 6.50. The second kappa shape index (κ2) is 13.5. The van der Waals surface area contributed by atoms with E-state index in [0.717, 1.165) is 16.1 Å². The van der Waals surface area contributed by atoms with E-state index in [9.17, 15) is 18.0 Å². The number of carbonyl (C=O) groups excluding carboxylic acids is 2. The van der Waals surface area contributed by atoms with Crippen LogP contribution in [-0.4, -0.2) is 57.3 Å². The Kier molecular flexibility index (Phi) is 10.0. The Balaban J connectivity index is 1.74. The number of benzene rings is 3. The van der Waals surface area contributed by atoms with E-state index in [4.69, 9.17) is 32.7 Å². The summed E-state index contributed by atoms with van der Waals surface area (Å²) >= 11 is 12.6. The molecular formula is C29H31Cl2N3O6S. The average molecular weight is 621 g/mol. The molecule has 2 amide bonds. The third kappa shape index (κ3) is 7.84. The van der Waals surface area contributed by atoms with E-state index >= 15 is 0 Å². The molecule has 1 atom stereocenters. The van der Waals surface area contributed by atoms with Crippen LogP contribution >= 0.6 is 23.2 Å². The second-order valence-electron chi connectivity index (χ2n) is 9.56. The summed E-state index contributed by atoms with van der Waals surface area (Å²) in [6.07, 6.45) is 1.92. The molecule has 12 heteroatoms. The van der Waals surface area contributed by atoms with Crippen molar-refractivity contribution >= 4 is 50.7 Å². The lowest BCUT2D eigenvalue weighted by molar-refractivity contribution is -0.140. The number of carbonyl (C=O) groups is 2. The number of sulfonamides is 1. The van der Waals surface area contributed by atoms with E-state index in [1.807, 2.05) is 37.3 Å². The predicted octanol–water partition coefficient (Wildman–Crippen LogP) is 4.65. The normalized spacial score (nSPS) is 13.0. The quantitative estimate of drug-likeness (QED) is 0.316. The van der Waals surface area contributed by atoms with Gasteiger partial charge in [-0.15, -0.1) is 0 Å². The van der Waals surface area contributed by atoms with Crippen molar-refractivity contribution in [1.82, 2.24) is 10.2 Å². The molecule has 4 rings (SSSR count). The van der Waals surface area contributed by atoms with Crippen molar-refractivity contribution in [1.29, 1.82) is 0 Å². The number of rotatable bonds is 12. The summed E-state index contributed by atoms with van der Waals surface area (Å²) in [6.45, 7) is 1.75. The summed E-state index contributed by atoms with van der Waals surface area (Å²) < 4.78 is 37.6. The number of nitrogens with one attached hydrogen (secondary N) is 1. The van der Waals surface area contributed by atoms with E-state index in [1.54, 1.807) is 24.3 Å². The van der Waals surface area contributed by atoms with Gasteiger partial charge in [0.05, 0.1) is 11.9 Å². The van der Waals surface area contributed by atoms with Crippen LogP contribution in [0.4, 0.5) is 5.69 Å². The summed E-state index contributed by atoms with van der Waals surface area (Å²) in [5.41, 5.74) is 1.62. The highest BCUT2D eigenvalue weighted by Crippen LogP contribution is 2.36. The van der Waals surface area contributed by atoms with Crippen LogP contribution in [0.15, 0.2) is 66.7 Å². The van der Waals surface area contributed by atoms with Gasteiger partial charge in [0.15, 0.2) is 11.5 Å². The van der Waals surface area contributed by atoms with Crippen LogP contribution in [0.2, 0.25) is 10.0 Å². The van der Waals surface area contributed by atoms with E-state index in [0.29, 0.717) is 40.1 Å². The fraction of sp³-hybridized carbons (Fsp3) is 0.310. The highest BCUT2D eigenvalue weighted by molar-refractivity contribution is 7.92. The lowest BCUT2D eigenvalue weighted by Crippen LogP contribution is -2.53. The van der Waals surface area contributed by atoms with Gasteiger partial charge in [0, 0.05) is 35.6 Å². The Morgan fingerprint density at radius 1 is 1.00 bits per heavy atom. The van der Waals surface area contributed by atoms with Gasteiger partial charge in [-0.3, -0.25) is 13.9 Å². The molecule has 0 aliphatic carbocycles. The van der Waals surface area contributed by atoms with Gasteiger partial charge in [-0.1, -0.05) is 66.5 Å². The van der Waals surface area contributed by atoms with Gasteiger partial charge in [-0.2, -0.15) is 0 Å². The van der Waals surface area contributed by atoms with Crippen molar-refractivity contribution in [3.05, 3.63) is 87.9 Å². The minimum absolute atomic E-state index is 0.0141. The van der Waals surface area contributed by atoms with Crippen molar-refractivity contribution < 1.29 is 27.5 Å². The van der Waals surface area contributed by atoms with Gasteiger partial charge in [0.2, 0.25) is 28.6 Å². The maximum absolute atomic E-state index is 14.1. The van der Waals surface area contributed by atoms with Gasteiger partial charge in [0.1, 0.15) is 12.6 Å². The van der Waals surface area contributed by atoms with Gasteiger partial charge >= 0.3 is 0 Å². The molecule has 3 aromatic carbocycles. The van der Waals surface area contributed by atoms with Crippen molar-refractivity contribution in [3.8, 4) is 11.5 Å². The van der Waals surface area contributed by atoms with Crippen LogP contribution in [-0.2, 0) is 32.6 Å². The van der Waals surface area contributed by atoms with Gasteiger partial charge in [-0.05, 0) is 41.8 Å². The first-order valence-electron chi connectivity index (χ1n) is 13.0. The van der Waals surface area contributed by atoms with Crippen molar-refractivity contribution in [3.63, 3.8) is 0 Å². The van der Waals surface area contributed by atoms with Gasteiger partial charge < -0.3 is 19.7 Å². The number of halogens is 2. The number of nitrogens with zero attached hydrogens (tertiary/aromatic N) is 2. The molecule has 1 heterocycles. The summed E-state index contributed by atoms with van der Waals surface area (Å²) in [7, 11) is -3.92. The molecule has 0 saturated heterocycles. The summed E-state index contributed by atoms with van der Waals surface area (Å²) in [4.78, 5) is 29.0. The zero-order chi connectivity index (χ0) is 29.6. The van der Waals surface area contributed by atoms with Crippen LogP contribution in [0.1, 0.15) is 24.5 Å². The van der Waals surface area contributed by atoms with Crippen LogP contribution in [0, 0.1) is 0 Å². The molecule has 1 aliphatic heterocycles. The monoisotopic (exact) mass is 619 g/mol. The number of ether oxygens (including phenoxy) is 2. The number of hydrogen-bond acceptors (Lipinski definition) is 6. The topological polar surface area (TPSA) is 105 Å². The summed E-state index contributed by atoms with van der Waals surface area (Å²) in [5.74, 6) is -0.104. The second-order valence-corrected chi connectivity index (χ2v) is 12.3. The van der Waals surface area contributed by atoms with E-state index in [2.05, 4.69) is 5.32 Å². The Morgan fingerprint density at radius 2 is 1.73 bits per heavy atom. The number of amides is 2. The molecule has 0 fully saturated rings. The van der Waals surface area contributed by atoms with Gasteiger partial charge in [-0.25, -0.2) is 8.42 Å². The molecule has 9 nitrogen and oxygen atoms in total. The minimum atomic E-state index is -3.92. The molecule has 218 valence electrons. The first kappa shape index (κ1) is 30.5. The highest BCUT2D eigenvalue weighted by atomic mass is 35.5. The van der Waals surface area contributed by atoms with Crippen molar-refractivity contribution in [2.45, 2.75) is 32.4 Å². The SMILES string of the molecule is CCCNC(=O)C(Cc1ccccc1)N(Cc1ccc(Cl)cc1Cl)C(=O)CN(c1ccc2c(c1)OCO2)S(C)(=O)=O. The van der Waals surface area contributed by atoms with E-state index in [-0.39, 0.29) is 31.4 Å². The average Bonchev–Trinajstić information content (AvgIpc) is 3.41. The molecule has 0 bridgehead atoms. The Hall–Kier alpha value is -3.47. The fourth-order valence-electron chi connectivity index (χ4n) is 4.41. The maximum atomic E-state index is 14.1.